The minimum absolute atomic E-state index is 0.138. The second kappa shape index (κ2) is 8.11. The number of likely N-dealkylation sites (tertiary alicyclic amines) is 1. The van der Waals surface area contributed by atoms with E-state index in [0.29, 0.717) is 19.6 Å². The molecule has 1 unspecified atom stereocenters. The third-order valence-corrected chi connectivity index (χ3v) is 4.50. The number of ether oxygens (including phenoxy) is 1. The number of amides is 1. The van der Waals surface area contributed by atoms with Crippen LogP contribution in [0.3, 0.4) is 0 Å². The molecule has 3 nitrogen and oxygen atoms in total. The molecule has 0 N–H and O–H groups in total. The zero-order valence-electron chi connectivity index (χ0n) is 14.3. The van der Waals surface area contributed by atoms with Crippen LogP contribution in [0, 0.1) is 6.92 Å². The van der Waals surface area contributed by atoms with Crippen LogP contribution >= 0.6 is 0 Å². The second-order valence-corrected chi connectivity index (χ2v) is 6.57. The van der Waals surface area contributed by atoms with Gasteiger partial charge in [-0.3, -0.25) is 4.79 Å². The Morgan fingerprint density at radius 3 is 2.71 bits per heavy atom. The standard InChI is InChI=1S/C21H25NO2/c1-17-7-5-10-19(13-17)16-24-20-11-6-12-22(15-20)21(23)14-18-8-3-2-4-9-18/h2-5,7-10,13,20H,6,11-12,14-16H2,1H3. The van der Waals surface area contributed by atoms with Crippen molar-refractivity contribution < 1.29 is 9.53 Å². The molecule has 1 heterocycles. The van der Waals surface area contributed by atoms with E-state index >= 15 is 0 Å². The smallest absolute Gasteiger partial charge is 0.227 e. The highest BCUT2D eigenvalue weighted by molar-refractivity contribution is 5.78. The molecular weight excluding hydrogens is 298 g/mol. The largest absolute Gasteiger partial charge is 0.372 e. The first-order valence-electron chi connectivity index (χ1n) is 8.69. The van der Waals surface area contributed by atoms with Crippen LogP contribution in [0.25, 0.3) is 0 Å². The van der Waals surface area contributed by atoms with Gasteiger partial charge in [0.1, 0.15) is 0 Å². The minimum Gasteiger partial charge on any atom is -0.372 e. The van der Waals surface area contributed by atoms with Gasteiger partial charge in [0.25, 0.3) is 0 Å². The van der Waals surface area contributed by atoms with E-state index in [-0.39, 0.29) is 12.0 Å². The quantitative estimate of drug-likeness (QED) is 0.839. The van der Waals surface area contributed by atoms with Gasteiger partial charge in [-0.2, -0.15) is 0 Å². The molecule has 1 fully saturated rings. The van der Waals surface area contributed by atoms with E-state index < -0.39 is 0 Å². The molecule has 3 heteroatoms. The molecule has 0 aromatic heterocycles. The van der Waals surface area contributed by atoms with Crippen LogP contribution < -0.4 is 0 Å². The van der Waals surface area contributed by atoms with Crippen molar-refractivity contribution in [2.24, 2.45) is 0 Å². The lowest BCUT2D eigenvalue weighted by Gasteiger charge is -2.33. The Balaban J connectivity index is 1.51. The molecule has 1 saturated heterocycles. The maximum absolute atomic E-state index is 12.5. The van der Waals surface area contributed by atoms with Crippen LogP contribution in [-0.4, -0.2) is 30.0 Å². The van der Waals surface area contributed by atoms with Crippen LogP contribution in [0.5, 0.6) is 0 Å². The molecule has 0 radical (unpaired) electrons. The van der Waals surface area contributed by atoms with Crippen LogP contribution in [-0.2, 0) is 22.6 Å². The Kier molecular flexibility index (Phi) is 5.65. The Labute approximate surface area is 144 Å². The third-order valence-electron chi connectivity index (χ3n) is 4.50. The van der Waals surface area contributed by atoms with Crippen molar-refractivity contribution in [1.29, 1.82) is 0 Å². The summed E-state index contributed by atoms with van der Waals surface area (Å²) in [5, 5.41) is 0. The Hall–Kier alpha value is -2.13. The van der Waals surface area contributed by atoms with Gasteiger partial charge in [0.2, 0.25) is 5.91 Å². The lowest BCUT2D eigenvalue weighted by molar-refractivity contribution is -0.134. The van der Waals surface area contributed by atoms with Crippen molar-refractivity contribution >= 4 is 5.91 Å². The van der Waals surface area contributed by atoms with Crippen LogP contribution in [0.2, 0.25) is 0 Å². The van der Waals surface area contributed by atoms with E-state index in [1.807, 2.05) is 35.2 Å². The molecule has 3 rings (SSSR count). The summed E-state index contributed by atoms with van der Waals surface area (Å²) in [5.74, 6) is 0.199. The molecule has 2 aromatic carbocycles. The first-order chi connectivity index (χ1) is 11.7. The van der Waals surface area contributed by atoms with E-state index in [1.165, 1.54) is 11.1 Å². The Morgan fingerprint density at radius 2 is 1.92 bits per heavy atom. The first-order valence-corrected chi connectivity index (χ1v) is 8.69. The molecule has 0 spiro atoms. The fraction of sp³-hybridized carbons (Fsp3) is 0.381. The summed E-state index contributed by atoms with van der Waals surface area (Å²) in [7, 11) is 0. The SMILES string of the molecule is Cc1cccc(COC2CCCN(C(=O)Cc3ccccc3)C2)c1. The van der Waals surface area contributed by atoms with Crippen LogP contribution in [0.1, 0.15) is 29.5 Å². The van der Waals surface area contributed by atoms with Gasteiger partial charge in [-0.15, -0.1) is 0 Å². The fourth-order valence-corrected chi connectivity index (χ4v) is 3.20. The molecule has 1 aliphatic rings. The monoisotopic (exact) mass is 323 g/mol. The van der Waals surface area contributed by atoms with Crippen molar-refractivity contribution in [3.8, 4) is 0 Å². The molecule has 24 heavy (non-hydrogen) atoms. The van der Waals surface area contributed by atoms with E-state index in [1.54, 1.807) is 0 Å². The van der Waals surface area contributed by atoms with Crippen molar-refractivity contribution in [2.45, 2.75) is 38.9 Å². The number of carbonyl (C=O) groups is 1. The summed E-state index contributed by atoms with van der Waals surface area (Å²) in [6.45, 7) is 4.26. The lowest BCUT2D eigenvalue weighted by Crippen LogP contribution is -2.43. The number of hydrogen-bond acceptors (Lipinski definition) is 2. The number of benzene rings is 2. The van der Waals surface area contributed by atoms with Gasteiger partial charge in [-0.1, -0.05) is 60.2 Å². The normalized spacial score (nSPS) is 17.7. The summed E-state index contributed by atoms with van der Waals surface area (Å²) in [5.41, 5.74) is 3.52. The lowest BCUT2D eigenvalue weighted by atomic mass is 10.1. The summed E-state index contributed by atoms with van der Waals surface area (Å²) in [4.78, 5) is 14.5. The van der Waals surface area contributed by atoms with Gasteiger partial charge >= 0.3 is 0 Å². The maximum Gasteiger partial charge on any atom is 0.227 e. The zero-order valence-corrected chi connectivity index (χ0v) is 14.3. The summed E-state index contributed by atoms with van der Waals surface area (Å²) < 4.78 is 6.06. The van der Waals surface area contributed by atoms with Crippen molar-refractivity contribution in [3.05, 3.63) is 71.3 Å². The third kappa shape index (κ3) is 4.68. The van der Waals surface area contributed by atoms with E-state index in [9.17, 15) is 4.79 Å². The van der Waals surface area contributed by atoms with E-state index in [0.717, 1.165) is 24.9 Å². The average molecular weight is 323 g/mol. The summed E-state index contributed by atoms with van der Waals surface area (Å²) in [6.07, 6.45) is 2.66. The van der Waals surface area contributed by atoms with Gasteiger partial charge < -0.3 is 9.64 Å². The second-order valence-electron chi connectivity index (χ2n) is 6.57. The highest BCUT2D eigenvalue weighted by atomic mass is 16.5. The number of hydrogen-bond donors (Lipinski definition) is 0. The number of carbonyl (C=O) groups excluding carboxylic acids is 1. The van der Waals surface area contributed by atoms with Gasteiger partial charge in [0, 0.05) is 13.1 Å². The number of aryl methyl sites for hydroxylation is 1. The van der Waals surface area contributed by atoms with Crippen LogP contribution in [0.4, 0.5) is 0 Å². The topological polar surface area (TPSA) is 29.5 Å². The fourth-order valence-electron chi connectivity index (χ4n) is 3.20. The van der Waals surface area contributed by atoms with E-state index in [4.69, 9.17) is 4.74 Å². The highest BCUT2D eigenvalue weighted by Gasteiger charge is 2.24. The summed E-state index contributed by atoms with van der Waals surface area (Å²) >= 11 is 0. The molecule has 2 aromatic rings. The predicted octanol–water partition coefficient (Wildman–Crippen LogP) is 3.75. The minimum atomic E-state index is 0.138. The molecule has 126 valence electrons. The molecule has 1 aliphatic heterocycles. The summed E-state index contributed by atoms with van der Waals surface area (Å²) in [6, 6.07) is 18.3. The number of piperidine rings is 1. The van der Waals surface area contributed by atoms with Gasteiger partial charge in [0.05, 0.1) is 19.1 Å². The van der Waals surface area contributed by atoms with Crippen molar-refractivity contribution in [1.82, 2.24) is 4.90 Å². The Bertz CT molecular complexity index is 669. The zero-order chi connectivity index (χ0) is 16.8. The van der Waals surface area contributed by atoms with Gasteiger partial charge in [-0.25, -0.2) is 0 Å². The predicted molar refractivity (Wildman–Crippen MR) is 95.7 cm³/mol. The molecule has 1 amide bonds. The molecular formula is C21H25NO2. The number of rotatable bonds is 5. The molecule has 0 aliphatic carbocycles. The van der Waals surface area contributed by atoms with Crippen LogP contribution in [0.15, 0.2) is 54.6 Å². The average Bonchev–Trinajstić information content (AvgIpc) is 2.61. The maximum atomic E-state index is 12.5. The molecule has 0 bridgehead atoms. The molecule has 1 atom stereocenters. The van der Waals surface area contributed by atoms with Crippen molar-refractivity contribution in [2.75, 3.05) is 13.1 Å². The first kappa shape index (κ1) is 16.7. The van der Waals surface area contributed by atoms with Gasteiger partial charge in [-0.05, 0) is 30.9 Å². The molecule has 0 saturated carbocycles. The van der Waals surface area contributed by atoms with Crippen molar-refractivity contribution in [3.63, 3.8) is 0 Å². The number of nitrogens with zero attached hydrogens (tertiary/aromatic N) is 1. The highest BCUT2D eigenvalue weighted by Crippen LogP contribution is 2.17. The Morgan fingerprint density at radius 1 is 1.12 bits per heavy atom. The van der Waals surface area contributed by atoms with Gasteiger partial charge in [0.15, 0.2) is 0 Å². The van der Waals surface area contributed by atoms with E-state index in [2.05, 4.69) is 31.2 Å².